The molecule has 6 nitrogen and oxygen atoms in total. The first-order chi connectivity index (χ1) is 9.08. The summed E-state index contributed by atoms with van der Waals surface area (Å²) in [7, 11) is 0. The first kappa shape index (κ1) is 13.1. The number of rotatable bonds is 3. The Bertz CT molecular complexity index is 510. The van der Waals surface area contributed by atoms with Crippen molar-refractivity contribution in [1.82, 2.24) is 10.2 Å². The summed E-state index contributed by atoms with van der Waals surface area (Å²) in [6, 6.07) is 6.38. The van der Waals surface area contributed by atoms with Crippen LogP contribution in [0.5, 0.6) is 0 Å². The number of ether oxygens (including phenoxy) is 1. The summed E-state index contributed by atoms with van der Waals surface area (Å²) in [5.74, 6) is -1.09. The maximum Gasteiger partial charge on any atom is 0.338 e. The van der Waals surface area contributed by atoms with E-state index < -0.39 is 24.5 Å². The molecule has 1 heterocycles. The number of esters is 1. The van der Waals surface area contributed by atoms with E-state index in [1.807, 2.05) is 6.92 Å². The Morgan fingerprint density at radius 2 is 2.00 bits per heavy atom. The molecule has 0 aromatic heterocycles. The molecule has 0 bridgehead atoms. The van der Waals surface area contributed by atoms with E-state index in [-0.39, 0.29) is 0 Å². The number of hydrogen-bond donors (Lipinski definition) is 1. The lowest BCUT2D eigenvalue weighted by atomic mass is 10.1. The summed E-state index contributed by atoms with van der Waals surface area (Å²) in [5, 5.41) is 2.50. The van der Waals surface area contributed by atoms with Crippen LogP contribution in [0.15, 0.2) is 24.3 Å². The second-order valence-electron chi connectivity index (χ2n) is 4.22. The zero-order valence-electron chi connectivity index (χ0n) is 10.5. The average molecular weight is 262 g/mol. The van der Waals surface area contributed by atoms with E-state index in [9.17, 15) is 14.4 Å². The van der Waals surface area contributed by atoms with E-state index in [4.69, 9.17) is 4.74 Å². The molecule has 1 fully saturated rings. The van der Waals surface area contributed by atoms with Gasteiger partial charge in [-0.1, -0.05) is 17.7 Å². The van der Waals surface area contributed by atoms with E-state index in [1.54, 1.807) is 24.3 Å². The molecule has 6 heteroatoms. The molecular formula is C13H14N2O4. The maximum absolute atomic E-state index is 11.7. The first-order valence-electron chi connectivity index (χ1n) is 5.90. The highest BCUT2D eigenvalue weighted by Crippen LogP contribution is 2.05. The summed E-state index contributed by atoms with van der Waals surface area (Å²) in [4.78, 5) is 35.5. The molecule has 100 valence electrons. The van der Waals surface area contributed by atoms with Gasteiger partial charge in [-0.15, -0.1) is 0 Å². The van der Waals surface area contributed by atoms with Crippen molar-refractivity contribution in [2.75, 3.05) is 19.7 Å². The lowest BCUT2D eigenvalue weighted by Gasteiger charge is -2.12. The van der Waals surface area contributed by atoms with E-state index in [1.165, 1.54) is 0 Å². The van der Waals surface area contributed by atoms with Crippen molar-refractivity contribution in [2.24, 2.45) is 0 Å². The monoisotopic (exact) mass is 262 g/mol. The summed E-state index contributed by atoms with van der Waals surface area (Å²) >= 11 is 0. The highest BCUT2D eigenvalue weighted by Gasteiger charge is 2.26. The molecule has 1 aliphatic heterocycles. The second-order valence-corrected chi connectivity index (χ2v) is 4.22. The quantitative estimate of drug-likeness (QED) is 0.814. The summed E-state index contributed by atoms with van der Waals surface area (Å²) < 4.78 is 4.88. The van der Waals surface area contributed by atoms with Crippen molar-refractivity contribution in [3.63, 3.8) is 0 Å². The Morgan fingerprint density at radius 3 is 2.58 bits per heavy atom. The van der Waals surface area contributed by atoms with Crippen LogP contribution in [-0.2, 0) is 9.53 Å². The third-order valence-corrected chi connectivity index (χ3v) is 2.77. The van der Waals surface area contributed by atoms with Crippen LogP contribution < -0.4 is 5.32 Å². The van der Waals surface area contributed by atoms with E-state index in [0.717, 1.165) is 10.5 Å². The van der Waals surface area contributed by atoms with Gasteiger partial charge in [0.15, 0.2) is 6.61 Å². The number of carbonyl (C=O) groups is 3. The molecule has 1 aromatic carbocycles. The number of benzene rings is 1. The van der Waals surface area contributed by atoms with Gasteiger partial charge in [0.1, 0.15) is 0 Å². The van der Waals surface area contributed by atoms with Crippen molar-refractivity contribution < 1.29 is 19.1 Å². The molecule has 1 aromatic rings. The summed E-state index contributed by atoms with van der Waals surface area (Å²) in [6.07, 6.45) is 0. The van der Waals surface area contributed by atoms with Gasteiger partial charge in [-0.05, 0) is 19.1 Å². The third-order valence-electron chi connectivity index (χ3n) is 2.77. The zero-order chi connectivity index (χ0) is 13.8. The fraction of sp³-hybridized carbons (Fsp3) is 0.308. The van der Waals surface area contributed by atoms with Crippen LogP contribution in [0, 0.1) is 6.92 Å². The number of nitrogens with zero attached hydrogens (tertiary/aromatic N) is 1. The lowest BCUT2D eigenvalue weighted by molar-refractivity contribution is -0.130. The predicted molar refractivity (Wildman–Crippen MR) is 66.6 cm³/mol. The van der Waals surface area contributed by atoms with Crippen LogP contribution >= 0.6 is 0 Å². The molecule has 19 heavy (non-hydrogen) atoms. The average Bonchev–Trinajstić information content (AvgIpc) is 2.83. The van der Waals surface area contributed by atoms with Crippen molar-refractivity contribution in [3.8, 4) is 0 Å². The van der Waals surface area contributed by atoms with Crippen molar-refractivity contribution in [2.45, 2.75) is 6.92 Å². The minimum absolute atomic E-state index is 0.305. The molecule has 0 atom stereocenters. The smallest absolute Gasteiger partial charge is 0.338 e. The molecule has 0 spiro atoms. The van der Waals surface area contributed by atoms with Crippen molar-refractivity contribution in [3.05, 3.63) is 35.4 Å². The van der Waals surface area contributed by atoms with E-state index in [2.05, 4.69) is 5.32 Å². The fourth-order valence-corrected chi connectivity index (χ4v) is 1.69. The Balaban J connectivity index is 1.88. The van der Waals surface area contributed by atoms with Gasteiger partial charge < -0.3 is 10.1 Å². The van der Waals surface area contributed by atoms with Gasteiger partial charge in [-0.2, -0.15) is 0 Å². The largest absolute Gasteiger partial charge is 0.452 e. The third kappa shape index (κ3) is 3.09. The summed E-state index contributed by atoms with van der Waals surface area (Å²) in [6.45, 7) is 2.21. The highest BCUT2D eigenvalue weighted by atomic mass is 16.5. The Morgan fingerprint density at radius 1 is 1.32 bits per heavy atom. The SMILES string of the molecule is Cc1ccc(C(=O)OCC(=O)N2CCNC2=O)cc1. The van der Waals surface area contributed by atoms with Crippen LogP contribution in [0.1, 0.15) is 15.9 Å². The molecular weight excluding hydrogens is 248 g/mol. The van der Waals surface area contributed by atoms with Crippen LogP contribution in [0.3, 0.4) is 0 Å². The number of aryl methyl sites for hydroxylation is 1. The van der Waals surface area contributed by atoms with Gasteiger partial charge in [0.2, 0.25) is 0 Å². The van der Waals surface area contributed by atoms with Gasteiger partial charge in [0, 0.05) is 13.1 Å². The van der Waals surface area contributed by atoms with Crippen LogP contribution in [0.4, 0.5) is 4.79 Å². The van der Waals surface area contributed by atoms with Gasteiger partial charge in [-0.3, -0.25) is 9.69 Å². The highest BCUT2D eigenvalue weighted by molar-refractivity contribution is 5.98. The topological polar surface area (TPSA) is 75.7 Å². The molecule has 1 aliphatic rings. The predicted octanol–water partition coefficient (Wildman–Crippen LogP) is 0.704. The number of hydrogen-bond acceptors (Lipinski definition) is 4. The molecule has 2 rings (SSSR count). The number of imide groups is 1. The molecule has 1 saturated heterocycles. The number of urea groups is 1. The van der Waals surface area contributed by atoms with Crippen molar-refractivity contribution >= 4 is 17.9 Å². The molecule has 0 saturated carbocycles. The van der Waals surface area contributed by atoms with Crippen LogP contribution in [0.25, 0.3) is 0 Å². The zero-order valence-corrected chi connectivity index (χ0v) is 10.5. The second kappa shape index (κ2) is 5.51. The minimum atomic E-state index is -0.576. The maximum atomic E-state index is 11.7. The standard InChI is InChI=1S/C13H14N2O4/c1-9-2-4-10(5-3-9)12(17)19-8-11(16)15-7-6-14-13(15)18/h2-5H,6-8H2,1H3,(H,14,18). The van der Waals surface area contributed by atoms with Gasteiger partial charge in [0.25, 0.3) is 5.91 Å². The molecule has 1 N–H and O–H groups in total. The number of nitrogens with one attached hydrogen (secondary N) is 1. The Hall–Kier alpha value is -2.37. The Labute approximate surface area is 110 Å². The summed E-state index contributed by atoms with van der Waals surface area (Å²) in [5.41, 5.74) is 1.41. The van der Waals surface area contributed by atoms with Gasteiger partial charge in [0.05, 0.1) is 5.56 Å². The fourth-order valence-electron chi connectivity index (χ4n) is 1.69. The van der Waals surface area contributed by atoms with Crippen molar-refractivity contribution in [1.29, 1.82) is 0 Å². The lowest BCUT2D eigenvalue weighted by Crippen LogP contribution is -2.37. The minimum Gasteiger partial charge on any atom is -0.452 e. The number of amides is 3. The van der Waals surface area contributed by atoms with Gasteiger partial charge in [-0.25, -0.2) is 9.59 Å². The first-order valence-corrected chi connectivity index (χ1v) is 5.90. The molecule has 0 aliphatic carbocycles. The molecule has 0 radical (unpaired) electrons. The van der Waals surface area contributed by atoms with Gasteiger partial charge >= 0.3 is 12.0 Å². The Kier molecular flexibility index (Phi) is 3.79. The molecule has 0 unspecified atom stereocenters. The van der Waals surface area contributed by atoms with Crippen LogP contribution in [0.2, 0.25) is 0 Å². The normalized spacial score (nSPS) is 14.2. The van der Waals surface area contributed by atoms with Crippen LogP contribution in [-0.4, -0.2) is 42.5 Å². The van der Waals surface area contributed by atoms with E-state index >= 15 is 0 Å². The molecule has 3 amide bonds. The van der Waals surface area contributed by atoms with E-state index in [0.29, 0.717) is 18.7 Å². The number of carbonyl (C=O) groups excluding carboxylic acids is 3.